The van der Waals surface area contributed by atoms with Gasteiger partial charge in [0.25, 0.3) is 17.7 Å². The molecule has 0 radical (unpaired) electrons. The number of nitrogens with one attached hydrogen (secondary N) is 1. The normalized spacial score (nSPS) is 17.6. The van der Waals surface area contributed by atoms with Crippen LogP contribution >= 0.6 is 0 Å². The Balaban J connectivity index is 1.35. The molecule has 2 aliphatic heterocycles. The van der Waals surface area contributed by atoms with Crippen molar-refractivity contribution < 1.29 is 32.3 Å². The van der Waals surface area contributed by atoms with Crippen molar-refractivity contribution in [3.05, 3.63) is 107 Å². The van der Waals surface area contributed by atoms with E-state index in [1.807, 2.05) is 6.07 Å². The van der Waals surface area contributed by atoms with Gasteiger partial charge in [-0.1, -0.05) is 12.1 Å². The molecule has 1 fully saturated rings. The van der Waals surface area contributed by atoms with Gasteiger partial charge in [0, 0.05) is 35.5 Å². The molecule has 14 heteroatoms. The number of halogens is 3. The predicted octanol–water partition coefficient (Wildman–Crippen LogP) is 3.67. The van der Waals surface area contributed by atoms with Gasteiger partial charge < -0.3 is 20.7 Å². The zero-order valence-corrected chi connectivity index (χ0v) is 24.3. The van der Waals surface area contributed by atoms with Crippen LogP contribution in [-0.4, -0.2) is 65.2 Å². The summed E-state index contributed by atoms with van der Waals surface area (Å²) in [5.74, 6) is -5.50. The molecule has 2 aliphatic rings. The fourth-order valence-corrected chi connectivity index (χ4v) is 5.97. The lowest BCUT2D eigenvalue weighted by Crippen LogP contribution is -2.51. The van der Waals surface area contributed by atoms with Crippen LogP contribution in [0.1, 0.15) is 43.6 Å². The van der Waals surface area contributed by atoms with Gasteiger partial charge >= 0.3 is 0 Å². The Kier molecular flexibility index (Phi) is 7.70. The minimum absolute atomic E-state index is 0.0465. The predicted molar refractivity (Wildman–Crippen MR) is 159 cm³/mol. The van der Waals surface area contributed by atoms with E-state index in [0.29, 0.717) is 18.0 Å². The molecule has 3 amide bonds. The third-order valence-corrected chi connectivity index (χ3v) is 8.12. The first-order valence-electron chi connectivity index (χ1n) is 14.1. The second kappa shape index (κ2) is 11.7. The molecular weight excluding hydrogens is 603 g/mol. The van der Waals surface area contributed by atoms with Gasteiger partial charge in [0.15, 0.2) is 5.69 Å². The molecule has 1 aromatic heterocycles. The minimum atomic E-state index is -3.44. The number of nitriles is 1. The van der Waals surface area contributed by atoms with Gasteiger partial charge in [0.05, 0.1) is 43.2 Å². The van der Waals surface area contributed by atoms with Gasteiger partial charge in [-0.15, -0.1) is 0 Å². The van der Waals surface area contributed by atoms with Crippen LogP contribution in [-0.2, 0) is 10.7 Å². The summed E-state index contributed by atoms with van der Waals surface area (Å²) in [6.07, 6.45) is 1.34. The van der Waals surface area contributed by atoms with Crippen LogP contribution in [0.15, 0.2) is 72.9 Å². The number of nitrogens with two attached hydrogens (primary N) is 1. The van der Waals surface area contributed by atoms with Gasteiger partial charge in [-0.2, -0.15) is 19.1 Å². The second-order valence-corrected chi connectivity index (χ2v) is 10.9. The number of carbonyl (C=O) groups excluding carboxylic acids is 3. The highest BCUT2D eigenvalue weighted by Crippen LogP contribution is 2.41. The number of carbonyl (C=O) groups is 3. The van der Waals surface area contributed by atoms with Gasteiger partial charge in [-0.3, -0.25) is 24.0 Å². The largest absolute Gasteiger partial charge is 0.495 e. The molecule has 0 aliphatic carbocycles. The van der Waals surface area contributed by atoms with Crippen LogP contribution in [0.25, 0.3) is 0 Å². The Labute approximate surface area is 260 Å². The van der Waals surface area contributed by atoms with Crippen molar-refractivity contribution in [2.75, 3.05) is 37.0 Å². The number of amides is 3. The summed E-state index contributed by atoms with van der Waals surface area (Å²) in [4.78, 5) is 42.3. The van der Waals surface area contributed by atoms with E-state index in [-0.39, 0.29) is 41.2 Å². The minimum Gasteiger partial charge on any atom is -0.495 e. The molecule has 0 unspecified atom stereocenters. The third kappa shape index (κ3) is 5.30. The third-order valence-electron chi connectivity index (χ3n) is 8.12. The molecule has 6 rings (SSSR count). The number of rotatable bonds is 8. The number of primary amides is 1. The molecule has 3 heterocycles. The van der Waals surface area contributed by atoms with Crippen LogP contribution in [0.2, 0.25) is 0 Å². The number of hydrogen-bond acceptors (Lipinski definition) is 7. The zero-order valence-electron chi connectivity index (χ0n) is 24.3. The number of aromatic nitrogens is 2. The van der Waals surface area contributed by atoms with Crippen molar-refractivity contribution in [1.82, 2.24) is 14.7 Å². The molecule has 3 N–H and O–H groups in total. The van der Waals surface area contributed by atoms with Crippen molar-refractivity contribution >= 4 is 29.1 Å². The zero-order chi connectivity index (χ0) is 32.7. The molecule has 4 aromatic rings. The maximum absolute atomic E-state index is 15.3. The van der Waals surface area contributed by atoms with E-state index >= 15 is 8.78 Å². The fraction of sp³-hybridized carbons (Fsp3) is 0.219. The monoisotopic (exact) mass is 629 g/mol. The van der Waals surface area contributed by atoms with E-state index in [9.17, 15) is 24.0 Å². The number of hydrogen-bond donors (Lipinski definition) is 2. The number of anilines is 2. The lowest BCUT2D eigenvalue weighted by molar-refractivity contribution is -0.118. The molecule has 11 nitrogen and oxygen atoms in total. The summed E-state index contributed by atoms with van der Waals surface area (Å²) >= 11 is 0. The maximum Gasteiger partial charge on any atom is 0.298 e. The first-order chi connectivity index (χ1) is 22.0. The molecule has 0 saturated carbocycles. The van der Waals surface area contributed by atoms with Crippen molar-refractivity contribution in [3.8, 4) is 11.8 Å². The molecule has 234 valence electrons. The van der Waals surface area contributed by atoms with Crippen molar-refractivity contribution in [2.24, 2.45) is 5.73 Å². The van der Waals surface area contributed by atoms with E-state index in [0.717, 1.165) is 24.3 Å². The molecular formula is C32H26F3N7O4. The maximum atomic E-state index is 15.3. The highest BCUT2D eigenvalue weighted by Gasteiger charge is 2.48. The number of nitrogens with zero attached hydrogens (tertiary/aromatic N) is 5. The number of likely N-dealkylation sites (tertiary alicyclic amines) is 1. The first kappa shape index (κ1) is 30.4. The van der Waals surface area contributed by atoms with Crippen LogP contribution in [0.5, 0.6) is 5.75 Å². The molecule has 1 saturated heterocycles. The van der Waals surface area contributed by atoms with Crippen LogP contribution in [0.4, 0.5) is 24.5 Å². The van der Waals surface area contributed by atoms with Gasteiger partial charge in [0.1, 0.15) is 17.6 Å². The molecule has 2 atom stereocenters. The summed E-state index contributed by atoms with van der Waals surface area (Å²) in [5.41, 5.74) is 5.43. The Bertz CT molecular complexity index is 1890. The number of benzene rings is 3. The topological polar surface area (TPSA) is 147 Å². The molecule has 0 bridgehead atoms. The van der Waals surface area contributed by atoms with Crippen molar-refractivity contribution in [2.45, 2.75) is 18.0 Å². The van der Waals surface area contributed by atoms with Crippen molar-refractivity contribution in [1.29, 1.82) is 5.26 Å². The van der Waals surface area contributed by atoms with E-state index in [2.05, 4.69) is 10.4 Å². The average Bonchev–Trinajstić information content (AvgIpc) is 3.65. The Morgan fingerprint density at radius 3 is 2.35 bits per heavy atom. The Hall–Kier alpha value is -5.68. The number of fused-ring (bicyclic) bond motifs is 3. The lowest BCUT2D eigenvalue weighted by atomic mass is 9.99. The summed E-state index contributed by atoms with van der Waals surface area (Å²) in [6.45, 7) is 0.470. The number of ether oxygens (including phenoxy) is 1. The van der Waals surface area contributed by atoms with Crippen molar-refractivity contribution in [3.63, 3.8) is 0 Å². The van der Waals surface area contributed by atoms with Crippen LogP contribution < -0.4 is 20.7 Å². The summed E-state index contributed by atoms with van der Waals surface area (Å²) in [5, 5.41) is 16.5. The fourth-order valence-electron chi connectivity index (χ4n) is 5.97. The van der Waals surface area contributed by atoms with Gasteiger partial charge in [-0.05, 0) is 54.6 Å². The van der Waals surface area contributed by atoms with E-state index in [4.69, 9.17) is 10.5 Å². The molecule has 3 aromatic carbocycles. The Morgan fingerprint density at radius 2 is 1.72 bits per heavy atom. The van der Waals surface area contributed by atoms with Gasteiger partial charge in [-0.25, -0.2) is 4.39 Å². The average molecular weight is 630 g/mol. The smallest absolute Gasteiger partial charge is 0.298 e. The number of methoxy groups -OCH3 is 1. The van der Waals surface area contributed by atoms with Crippen LogP contribution in [0.3, 0.4) is 0 Å². The summed E-state index contributed by atoms with van der Waals surface area (Å²) < 4.78 is 50.6. The quantitative estimate of drug-likeness (QED) is 0.302. The SMILES string of the molecule is COc1ccc(C(=O)Nc2cnn3c2C(=O)N(c2ccc(C(F)(F)c4ccc(F)cc4)cc2)[C@H]2CN(CC(N)=O)C[C@H]23)cc1C#N. The molecule has 46 heavy (non-hydrogen) atoms. The van der Waals surface area contributed by atoms with E-state index in [1.54, 1.807) is 4.90 Å². The lowest BCUT2D eigenvalue weighted by Gasteiger charge is -2.37. The van der Waals surface area contributed by atoms with E-state index < -0.39 is 47.1 Å². The van der Waals surface area contributed by atoms with Gasteiger partial charge in [0.2, 0.25) is 5.91 Å². The second-order valence-electron chi connectivity index (χ2n) is 10.9. The highest BCUT2D eigenvalue weighted by molar-refractivity contribution is 6.13. The number of alkyl halides is 2. The first-order valence-corrected chi connectivity index (χ1v) is 14.1. The van der Waals surface area contributed by atoms with Crippen LogP contribution in [0, 0.1) is 17.1 Å². The summed E-state index contributed by atoms with van der Waals surface area (Å²) in [6, 6.07) is 14.4. The standard InChI is InChI=1S/C32H26F3N7O4/c1-46-27-11-2-18(12-19(27)13-36)30(44)39-24-14-38-42-26-16-40(17-28(37)43)15-25(26)41(31(45)29(24)42)23-9-5-21(6-10-23)32(34,35)20-3-7-22(33)8-4-20/h2-12,14,25-26H,15-17H2,1H3,(H2,37,43)(H,39,44)/t25-,26+/m0/s1. The molecule has 0 spiro atoms. The highest BCUT2D eigenvalue weighted by atomic mass is 19.3. The Morgan fingerprint density at radius 1 is 1.07 bits per heavy atom. The van der Waals surface area contributed by atoms with E-state index in [1.165, 1.54) is 65.4 Å². The summed E-state index contributed by atoms with van der Waals surface area (Å²) in [7, 11) is 1.40.